The van der Waals surface area contributed by atoms with Gasteiger partial charge in [-0.3, -0.25) is 9.69 Å². The number of carbonyl (C=O) groups excluding carboxylic acids is 1. The predicted octanol–water partition coefficient (Wildman–Crippen LogP) is 2.30. The van der Waals surface area contributed by atoms with Crippen LogP contribution in [-0.4, -0.2) is 61.2 Å². The number of ether oxygens (including phenoxy) is 2. The van der Waals surface area contributed by atoms with Crippen LogP contribution in [0.2, 0.25) is 0 Å². The molecule has 3 fully saturated rings. The van der Waals surface area contributed by atoms with E-state index in [4.69, 9.17) is 9.47 Å². The predicted molar refractivity (Wildman–Crippen MR) is 95.5 cm³/mol. The second-order valence-electron chi connectivity index (χ2n) is 7.49. The van der Waals surface area contributed by atoms with E-state index >= 15 is 0 Å². The Bertz CT molecular complexity index is 599. The Balaban J connectivity index is 1.41. The lowest BCUT2D eigenvalue weighted by atomic mass is 9.86. The number of nitrogens with zero attached hydrogens (tertiary/aromatic N) is 2. The third kappa shape index (κ3) is 3.53. The first-order valence-electron chi connectivity index (χ1n) is 9.52. The van der Waals surface area contributed by atoms with E-state index in [1.165, 1.54) is 19.3 Å². The van der Waals surface area contributed by atoms with Crippen LogP contribution in [0.4, 0.5) is 0 Å². The van der Waals surface area contributed by atoms with Crippen molar-refractivity contribution in [2.45, 2.75) is 44.4 Å². The Morgan fingerprint density at radius 3 is 2.64 bits per heavy atom. The molecule has 1 aromatic rings. The average Bonchev–Trinajstić information content (AvgIpc) is 2.74. The van der Waals surface area contributed by atoms with E-state index in [0.29, 0.717) is 19.7 Å². The highest BCUT2D eigenvalue weighted by Gasteiger charge is 2.41. The Morgan fingerprint density at radius 2 is 1.96 bits per heavy atom. The summed E-state index contributed by atoms with van der Waals surface area (Å²) in [4.78, 5) is 17.6. The molecule has 3 aliphatic rings. The van der Waals surface area contributed by atoms with Crippen molar-refractivity contribution < 1.29 is 14.3 Å². The molecular weight excluding hydrogens is 316 g/mol. The summed E-state index contributed by atoms with van der Waals surface area (Å²) in [5, 5.41) is 0. The van der Waals surface area contributed by atoms with Crippen molar-refractivity contribution in [2.24, 2.45) is 5.92 Å². The first-order chi connectivity index (χ1) is 12.2. The van der Waals surface area contributed by atoms with Gasteiger partial charge in [-0.15, -0.1) is 0 Å². The molecule has 0 bridgehead atoms. The molecule has 0 radical (unpaired) electrons. The lowest BCUT2D eigenvalue weighted by molar-refractivity contribution is -0.140. The van der Waals surface area contributed by atoms with Gasteiger partial charge in [-0.2, -0.15) is 0 Å². The van der Waals surface area contributed by atoms with Crippen molar-refractivity contribution in [3.05, 3.63) is 29.8 Å². The molecule has 1 aliphatic carbocycles. The molecule has 2 saturated heterocycles. The van der Waals surface area contributed by atoms with Crippen LogP contribution in [0.5, 0.6) is 5.75 Å². The number of carbonyl (C=O) groups is 1. The van der Waals surface area contributed by atoms with Crippen LogP contribution in [0.1, 0.15) is 31.2 Å². The smallest absolute Gasteiger partial charge is 0.228 e. The fourth-order valence-electron chi connectivity index (χ4n) is 4.24. The zero-order valence-corrected chi connectivity index (χ0v) is 15.0. The van der Waals surface area contributed by atoms with Crippen molar-refractivity contribution in [2.75, 3.05) is 33.4 Å². The monoisotopic (exact) mass is 344 g/mol. The minimum absolute atomic E-state index is 0.0251. The number of amides is 1. The van der Waals surface area contributed by atoms with Crippen molar-refractivity contribution >= 4 is 5.91 Å². The van der Waals surface area contributed by atoms with Gasteiger partial charge in [0.2, 0.25) is 5.91 Å². The summed E-state index contributed by atoms with van der Waals surface area (Å²) in [7, 11) is 1.67. The minimum Gasteiger partial charge on any atom is -0.497 e. The molecule has 0 N–H and O–H groups in total. The molecule has 2 atom stereocenters. The molecule has 0 aromatic heterocycles. The molecule has 136 valence electrons. The summed E-state index contributed by atoms with van der Waals surface area (Å²) in [5.74, 6) is 1.14. The lowest BCUT2D eigenvalue weighted by Gasteiger charge is -2.44. The first-order valence-corrected chi connectivity index (χ1v) is 9.52. The number of likely N-dealkylation sites (tertiary alicyclic amines) is 1. The summed E-state index contributed by atoms with van der Waals surface area (Å²) in [5.41, 5.74) is 1.14. The molecule has 1 amide bonds. The van der Waals surface area contributed by atoms with E-state index in [1.54, 1.807) is 7.11 Å². The number of fused-ring (bicyclic) bond motifs is 1. The van der Waals surface area contributed by atoms with Gasteiger partial charge in [0.1, 0.15) is 5.75 Å². The Kier molecular flexibility index (Phi) is 4.95. The lowest BCUT2D eigenvalue weighted by Crippen LogP contribution is -2.53. The summed E-state index contributed by atoms with van der Waals surface area (Å²) in [6.07, 6.45) is 4.98. The normalized spacial score (nSPS) is 28.2. The van der Waals surface area contributed by atoms with Crippen molar-refractivity contribution in [1.29, 1.82) is 0 Å². The minimum atomic E-state index is 0.0251. The number of methoxy groups -OCH3 is 1. The van der Waals surface area contributed by atoms with Gasteiger partial charge in [-0.05, 0) is 43.5 Å². The maximum absolute atomic E-state index is 13.1. The second kappa shape index (κ2) is 7.34. The molecule has 2 heterocycles. The van der Waals surface area contributed by atoms with Gasteiger partial charge in [0.05, 0.1) is 25.7 Å². The second-order valence-corrected chi connectivity index (χ2v) is 7.49. The van der Waals surface area contributed by atoms with Crippen LogP contribution in [0.25, 0.3) is 0 Å². The molecule has 0 unspecified atom stereocenters. The average molecular weight is 344 g/mol. The molecule has 25 heavy (non-hydrogen) atoms. The molecule has 1 saturated carbocycles. The van der Waals surface area contributed by atoms with E-state index in [2.05, 4.69) is 4.90 Å². The molecule has 4 rings (SSSR count). The molecule has 5 heteroatoms. The van der Waals surface area contributed by atoms with Crippen molar-refractivity contribution in [3.63, 3.8) is 0 Å². The van der Waals surface area contributed by atoms with Gasteiger partial charge in [-0.1, -0.05) is 18.6 Å². The summed E-state index contributed by atoms with van der Waals surface area (Å²) < 4.78 is 11.3. The number of hydrogen-bond acceptors (Lipinski definition) is 4. The van der Waals surface area contributed by atoms with Gasteiger partial charge >= 0.3 is 0 Å². The van der Waals surface area contributed by atoms with E-state index in [0.717, 1.165) is 36.9 Å². The van der Waals surface area contributed by atoms with Gasteiger partial charge in [0.25, 0.3) is 0 Å². The number of piperidine rings is 1. The topological polar surface area (TPSA) is 42.0 Å². The molecular formula is C20H28N2O3. The Hall–Kier alpha value is -1.59. The third-order valence-corrected chi connectivity index (χ3v) is 6.04. The van der Waals surface area contributed by atoms with Crippen LogP contribution < -0.4 is 4.74 Å². The van der Waals surface area contributed by atoms with E-state index < -0.39 is 0 Å². The van der Waals surface area contributed by atoms with Crippen LogP contribution in [-0.2, 0) is 16.1 Å². The quantitative estimate of drug-likeness (QED) is 0.840. The third-order valence-electron chi connectivity index (χ3n) is 6.04. The van der Waals surface area contributed by atoms with Gasteiger partial charge in [0.15, 0.2) is 0 Å². The molecule has 1 aromatic carbocycles. The van der Waals surface area contributed by atoms with Crippen LogP contribution in [0.3, 0.4) is 0 Å². The highest BCUT2D eigenvalue weighted by molar-refractivity contribution is 5.80. The van der Waals surface area contributed by atoms with Crippen molar-refractivity contribution in [1.82, 2.24) is 9.80 Å². The molecule has 5 nitrogen and oxygen atoms in total. The highest BCUT2D eigenvalue weighted by Crippen LogP contribution is 2.32. The first kappa shape index (κ1) is 16.9. The Morgan fingerprint density at radius 1 is 1.16 bits per heavy atom. The van der Waals surface area contributed by atoms with Crippen molar-refractivity contribution in [3.8, 4) is 5.75 Å². The maximum atomic E-state index is 13.1. The molecule has 2 aliphatic heterocycles. The molecule has 0 spiro atoms. The number of benzene rings is 1. The Labute approximate surface area is 149 Å². The zero-order chi connectivity index (χ0) is 17.2. The van der Waals surface area contributed by atoms with Gasteiger partial charge < -0.3 is 14.4 Å². The van der Waals surface area contributed by atoms with Gasteiger partial charge in [-0.25, -0.2) is 0 Å². The van der Waals surface area contributed by atoms with Gasteiger partial charge in [0, 0.05) is 25.7 Å². The number of hydrogen-bond donors (Lipinski definition) is 0. The number of rotatable bonds is 4. The summed E-state index contributed by atoms with van der Waals surface area (Å²) in [6.45, 7) is 3.94. The van der Waals surface area contributed by atoms with Crippen LogP contribution in [0.15, 0.2) is 24.3 Å². The SMILES string of the molecule is COc1ccc(CN2CCO[C@@H]3CN(C4CCC4)CC[C@@H]3C2=O)cc1. The summed E-state index contributed by atoms with van der Waals surface area (Å²) >= 11 is 0. The van der Waals surface area contributed by atoms with E-state index in [-0.39, 0.29) is 17.9 Å². The fraction of sp³-hybridized carbons (Fsp3) is 0.650. The highest BCUT2D eigenvalue weighted by atomic mass is 16.5. The largest absolute Gasteiger partial charge is 0.497 e. The fourth-order valence-corrected chi connectivity index (χ4v) is 4.24. The maximum Gasteiger partial charge on any atom is 0.228 e. The zero-order valence-electron chi connectivity index (χ0n) is 15.0. The van der Waals surface area contributed by atoms with E-state index in [1.807, 2.05) is 29.2 Å². The van der Waals surface area contributed by atoms with E-state index in [9.17, 15) is 4.79 Å². The van der Waals surface area contributed by atoms with Crippen LogP contribution in [0, 0.1) is 5.92 Å². The standard InChI is InChI=1S/C20H28N2O3/c1-24-17-7-5-15(6-8-17)13-22-11-12-25-19-14-21(16-3-2-4-16)10-9-18(19)20(22)23/h5-8,16,18-19H,2-4,9-14H2,1H3/t18-,19+/m0/s1. The summed E-state index contributed by atoms with van der Waals surface area (Å²) in [6, 6.07) is 8.71. The van der Waals surface area contributed by atoms with Crippen LogP contribution >= 0.6 is 0 Å².